The molecule has 2 aromatic rings. The third-order valence-electron chi connectivity index (χ3n) is 2.88. The third-order valence-corrected chi connectivity index (χ3v) is 5.68. The lowest BCUT2D eigenvalue weighted by Crippen LogP contribution is -2.31. The van der Waals surface area contributed by atoms with Crippen LogP contribution in [0.5, 0.6) is 5.75 Å². The van der Waals surface area contributed by atoms with E-state index in [1.54, 1.807) is 11.3 Å². The summed E-state index contributed by atoms with van der Waals surface area (Å²) in [6, 6.07) is 9.90. The Balaban J connectivity index is 2.28. The minimum Gasteiger partial charge on any atom is -0.482 e. The summed E-state index contributed by atoms with van der Waals surface area (Å²) in [6.07, 6.45) is 0.711. The summed E-state index contributed by atoms with van der Waals surface area (Å²) < 4.78 is 9.15. The van der Waals surface area contributed by atoms with Gasteiger partial charge in [-0.05, 0) is 68.6 Å². The van der Waals surface area contributed by atoms with Gasteiger partial charge in [-0.2, -0.15) is 0 Å². The van der Waals surface area contributed by atoms with Gasteiger partial charge < -0.3 is 10.5 Å². The number of nitrogens with two attached hydrogens (primary N) is 1. The molecule has 1 heterocycles. The van der Waals surface area contributed by atoms with Crippen molar-refractivity contribution in [3.8, 4) is 5.75 Å². The molecule has 108 valence electrons. The average molecular weight is 484 g/mol. The van der Waals surface area contributed by atoms with Crippen LogP contribution in [0.15, 0.2) is 43.1 Å². The Labute approximate surface area is 148 Å². The average Bonchev–Trinajstić information content (AvgIpc) is 2.83. The summed E-state index contributed by atoms with van der Waals surface area (Å²) in [5.41, 5.74) is 6.23. The number of ether oxygens (including phenoxy) is 1. The van der Waals surface area contributed by atoms with Gasteiger partial charge >= 0.3 is 0 Å². The lowest BCUT2D eigenvalue weighted by Gasteiger charge is -2.24. The molecule has 2 unspecified atom stereocenters. The Kier molecular flexibility index (Phi) is 6.10. The normalized spacial score (nSPS) is 14.1. The van der Waals surface area contributed by atoms with E-state index < -0.39 is 0 Å². The number of rotatable bonds is 5. The van der Waals surface area contributed by atoms with Gasteiger partial charge in [-0.3, -0.25) is 0 Å². The molecule has 1 aromatic carbocycles. The Hall–Kier alpha value is 0.120. The second-order valence-corrected chi connectivity index (χ2v) is 8.59. The van der Waals surface area contributed by atoms with Crippen molar-refractivity contribution in [3.05, 3.63) is 47.9 Å². The van der Waals surface area contributed by atoms with Gasteiger partial charge in [0.1, 0.15) is 11.9 Å². The zero-order valence-electron chi connectivity index (χ0n) is 10.8. The second kappa shape index (κ2) is 7.40. The van der Waals surface area contributed by atoms with Crippen LogP contribution in [0.1, 0.15) is 24.3 Å². The topological polar surface area (TPSA) is 35.2 Å². The molecule has 0 fully saturated rings. The third kappa shape index (κ3) is 4.07. The lowest BCUT2D eigenvalue weighted by molar-refractivity contribution is 0.173. The maximum atomic E-state index is 6.23. The first kappa shape index (κ1) is 16.5. The van der Waals surface area contributed by atoms with E-state index in [2.05, 4.69) is 60.8 Å². The van der Waals surface area contributed by atoms with Gasteiger partial charge in [0.25, 0.3) is 0 Å². The maximum Gasteiger partial charge on any atom is 0.148 e. The van der Waals surface area contributed by atoms with E-state index in [0.29, 0.717) is 0 Å². The molecule has 6 heteroatoms. The van der Waals surface area contributed by atoms with Crippen LogP contribution in [-0.4, -0.2) is 6.04 Å². The minimum absolute atomic E-state index is 0.0453. The molecular formula is C14H14Br3NOS. The first-order chi connectivity index (χ1) is 9.51. The van der Waals surface area contributed by atoms with Crippen molar-refractivity contribution in [2.45, 2.75) is 25.5 Å². The van der Waals surface area contributed by atoms with Gasteiger partial charge in [0.05, 0.1) is 8.26 Å². The molecule has 0 aliphatic heterocycles. The van der Waals surface area contributed by atoms with Crippen LogP contribution in [0, 0.1) is 0 Å². The van der Waals surface area contributed by atoms with Crippen molar-refractivity contribution in [2.75, 3.05) is 0 Å². The standard InChI is InChI=1S/C14H14Br3NOS/c1-2-10(18)14(12-5-6-13(17)20-12)19-11-4-3-8(15)7-9(11)16/h3-7,10,14H,2,18H2,1H3. The van der Waals surface area contributed by atoms with Gasteiger partial charge in [-0.15, -0.1) is 11.3 Å². The molecule has 2 N–H and O–H groups in total. The summed E-state index contributed by atoms with van der Waals surface area (Å²) in [5, 5.41) is 0. The fourth-order valence-electron chi connectivity index (χ4n) is 1.76. The molecule has 0 radical (unpaired) electrons. The number of halogens is 3. The first-order valence-corrected chi connectivity index (χ1v) is 9.33. The summed E-state index contributed by atoms with van der Waals surface area (Å²) in [6.45, 7) is 2.07. The monoisotopic (exact) mass is 481 g/mol. The highest BCUT2D eigenvalue weighted by Gasteiger charge is 2.23. The van der Waals surface area contributed by atoms with E-state index in [4.69, 9.17) is 10.5 Å². The van der Waals surface area contributed by atoms with Crippen molar-refractivity contribution in [1.29, 1.82) is 0 Å². The number of hydrogen-bond donors (Lipinski definition) is 1. The summed E-state index contributed by atoms with van der Waals surface area (Å²) in [5.74, 6) is 0.798. The van der Waals surface area contributed by atoms with Crippen LogP contribution < -0.4 is 10.5 Å². The minimum atomic E-state index is -0.145. The van der Waals surface area contributed by atoms with Crippen LogP contribution in [0.2, 0.25) is 0 Å². The van der Waals surface area contributed by atoms with Crippen LogP contribution >= 0.6 is 59.1 Å². The number of thiophene rings is 1. The largest absolute Gasteiger partial charge is 0.482 e. The zero-order chi connectivity index (χ0) is 14.7. The predicted molar refractivity (Wildman–Crippen MR) is 95.5 cm³/mol. The van der Waals surface area contributed by atoms with Gasteiger partial charge in [0.2, 0.25) is 0 Å². The van der Waals surface area contributed by atoms with Gasteiger partial charge in [0.15, 0.2) is 0 Å². The SMILES string of the molecule is CCC(N)C(Oc1ccc(Br)cc1Br)c1ccc(Br)s1. The molecule has 0 bridgehead atoms. The van der Waals surface area contributed by atoms with E-state index in [1.165, 1.54) is 0 Å². The summed E-state index contributed by atoms with van der Waals surface area (Å²) >= 11 is 12.1. The molecule has 2 atom stereocenters. The molecule has 0 spiro atoms. The van der Waals surface area contributed by atoms with Gasteiger partial charge in [-0.25, -0.2) is 0 Å². The Morgan fingerprint density at radius 3 is 2.50 bits per heavy atom. The van der Waals surface area contributed by atoms with E-state index in [0.717, 1.165) is 29.8 Å². The molecule has 1 aromatic heterocycles. The Bertz CT molecular complexity index is 588. The summed E-state index contributed by atoms with van der Waals surface area (Å²) in [4.78, 5) is 1.13. The quantitative estimate of drug-likeness (QED) is 0.575. The number of hydrogen-bond acceptors (Lipinski definition) is 3. The predicted octanol–water partition coefficient (Wildman–Crippen LogP) is 5.89. The maximum absolute atomic E-state index is 6.23. The molecule has 0 saturated carbocycles. The Morgan fingerprint density at radius 2 is 1.95 bits per heavy atom. The smallest absolute Gasteiger partial charge is 0.148 e. The van der Waals surface area contributed by atoms with Gasteiger partial charge in [0, 0.05) is 15.4 Å². The molecular weight excluding hydrogens is 470 g/mol. The van der Waals surface area contributed by atoms with Gasteiger partial charge in [-0.1, -0.05) is 22.9 Å². The van der Waals surface area contributed by atoms with Crippen molar-refractivity contribution in [3.63, 3.8) is 0 Å². The van der Waals surface area contributed by atoms with E-state index in [-0.39, 0.29) is 12.1 Å². The molecule has 0 aliphatic carbocycles. The fourth-order valence-corrected chi connectivity index (χ4v) is 4.43. The highest BCUT2D eigenvalue weighted by atomic mass is 79.9. The molecule has 0 aliphatic rings. The molecule has 2 nitrogen and oxygen atoms in total. The number of benzene rings is 1. The van der Waals surface area contributed by atoms with E-state index in [9.17, 15) is 0 Å². The zero-order valence-corrected chi connectivity index (χ0v) is 16.4. The van der Waals surface area contributed by atoms with Crippen LogP contribution in [-0.2, 0) is 0 Å². The van der Waals surface area contributed by atoms with Crippen LogP contribution in [0.4, 0.5) is 0 Å². The van der Waals surface area contributed by atoms with E-state index >= 15 is 0 Å². The highest BCUT2D eigenvalue weighted by Crippen LogP contribution is 2.36. The lowest BCUT2D eigenvalue weighted by atomic mass is 10.1. The van der Waals surface area contributed by atoms with Crippen molar-refractivity contribution in [2.24, 2.45) is 5.73 Å². The van der Waals surface area contributed by atoms with Crippen molar-refractivity contribution in [1.82, 2.24) is 0 Å². The summed E-state index contributed by atoms with van der Waals surface area (Å²) in [7, 11) is 0. The first-order valence-electron chi connectivity index (χ1n) is 6.13. The highest BCUT2D eigenvalue weighted by molar-refractivity contribution is 9.11. The second-order valence-electron chi connectivity index (χ2n) is 4.33. The van der Waals surface area contributed by atoms with Crippen LogP contribution in [0.3, 0.4) is 0 Å². The molecule has 0 amide bonds. The van der Waals surface area contributed by atoms with Crippen LogP contribution in [0.25, 0.3) is 0 Å². The van der Waals surface area contributed by atoms with Crippen molar-refractivity contribution < 1.29 is 4.74 Å². The van der Waals surface area contributed by atoms with E-state index in [1.807, 2.05) is 24.3 Å². The Morgan fingerprint density at radius 1 is 1.20 bits per heavy atom. The molecule has 0 saturated heterocycles. The molecule has 20 heavy (non-hydrogen) atoms. The van der Waals surface area contributed by atoms with Crippen molar-refractivity contribution >= 4 is 59.1 Å². The molecule has 2 rings (SSSR count). The fraction of sp³-hybridized carbons (Fsp3) is 0.286.